The predicted molar refractivity (Wildman–Crippen MR) is 85.8 cm³/mol. The average molecular weight is 256 g/mol. The van der Waals surface area contributed by atoms with Crippen molar-refractivity contribution in [1.82, 2.24) is 0 Å². The van der Waals surface area contributed by atoms with Gasteiger partial charge in [-0.2, -0.15) is 0 Å². The molecule has 0 saturated heterocycles. The van der Waals surface area contributed by atoms with Gasteiger partial charge in [0.2, 0.25) is 0 Å². The number of hydrogen-bond donors (Lipinski definition) is 0. The normalized spacial score (nSPS) is 26.1. The van der Waals surface area contributed by atoms with Crippen LogP contribution in [0.1, 0.15) is 59.3 Å². The highest BCUT2D eigenvalue weighted by atomic mass is 14.5. The van der Waals surface area contributed by atoms with Gasteiger partial charge in [-0.25, -0.2) is 0 Å². The van der Waals surface area contributed by atoms with Crippen molar-refractivity contribution < 1.29 is 0 Å². The van der Waals surface area contributed by atoms with E-state index >= 15 is 0 Å². The molecule has 0 nitrogen and oxygen atoms in total. The van der Waals surface area contributed by atoms with Crippen LogP contribution in [-0.2, 0) is 0 Å². The van der Waals surface area contributed by atoms with E-state index in [1.165, 1.54) is 31.3 Å². The molecule has 0 bridgehead atoms. The molecule has 0 aromatic carbocycles. The summed E-state index contributed by atoms with van der Waals surface area (Å²) in [5.41, 5.74) is 1.60. The predicted octanol–water partition coefficient (Wildman–Crippen LogP) is 5.67. The number of rotatable bonds is 7. The molecule has 1 saturated carbocycles. The fourth-order valence-corrected chi connectivity index (χ4v) is 2.69. The molecule has 1 aliphatic rings. The van der Waals surface area contributed by atoms with Crippen molar-refractivity contribution in [3.63, 3.8) is 0 Å². The molecule has 0 spiro atoms. The Morgan fingerprint density at radius 2 is 2.05 bits per heavy atom. The molecule has 1 fully saturated rings. The van der Waals surface area contributed by atoms with Crippen LogP contribution in [-0.4, -0.2) is 0 Å². The first-order chi connectivity index (χ1) is 9.22. The Morgan fingerprint density at radius 1 is 1.26 bits per heavy atom. The fraction of sp³-hybridized carbons (Fsp3) is 0.579. The zero-order valence-corrected chi connectivity index (χ0v) is 12.8. The second-order valence-electron chi connectivity index (χ2n) is 5.51. The highest BCUT2D eigenvalue weighted by molar-refractivity contribution is 5.36. The van der Waals surface area contributed by atoms with E-state index < -0.39 is 0 Å². The van der Waals surface area contributed by atoms with Gasteiger partial charge in [0, 0.05) is 11.0 Å². The van der Waals surface area contributed by atoms with Crippen molar-refractivity contribution in [2.75, 3.05) is 0 Å². The molecule has 0 N–H and O–H groups in total. The van der Waals surface area contributed by atoms with Gasteiger partial charge in [0.1, 0.15) is 0 Å². The first-order valence-corrected chi connectivity index (χ1v) is 7.73. The quantitative estimate of drug-likeness (QED) is 0.406. The van der Waals surface area contributed by atoms with Gasteiger partial charge in [-0.3, -0.25) is 0 Å². The molecular weight excluding hydrogens is 228 g/mol. The largest absolute Gasteiger partial charge is 0.0991 e. The van der Waals surface area contributed by atoms with Gasteiger partial charge >= 0.3 is 0 Å². The first kappa shape index (κ1) is 15.8. The maximum absolute atomic E-state index is 3.69. The van der Waals surface area contributed by atoms with Gasteiger partial charge in [0.15, 0.2) is 0 Å². The van der Waals surface area contributed by atoms with Crippen LogP contribution in [0.3, 0.4) is 0 Å². The zero-order valence-electron chi connectivity index (χ0n) is 12.8. The van der Waals surface area contributed by atoms with Crippen molar-refractivity contribution in [1.29, 1.82) is 0 Å². The summed E-state index contributed by atoms with van der Waals surface area (Å²) >= 11 is 0. The summed E-state index contributed by atoms with van der Waals surface area (Å²) in [6.07, 6.45) is 15.3. The van der Waals surface area contributed by atoms with Crippen molar-refractivity contribution in [3.05, 3.63) is 36.5 Å². The standard InChI is InChI=1S/C19H28/c1-5-9-10-13-17(11-6-2)14-15-19(8-4)16-18(19)12-7-3/h5,9-10,13,18H,1,6-8,11-12,16H2,2-4H3/b10-9-,17-13+. The van der Waals surface area contributed by atoms with E-state index in [9.17, 15) is 0 Å². The maximum Gasteiger partial charge on any atom is 0.0347 e. The fourth-order valence-electron chi connectivity index (χ4n) is 2.69. The van der Waals surface area contributed by atoms with Crippen LogP contribution in [0, 0.1) is 23.2 Å². The molecule has 0 aromatic rings. The van der Waals surface area contributed by atoms with Gasteiger partial charge in [-0.05, 0) is 31.6 Å². The van der Waals surface area contributed by atoms with Crippen molar-refractivity contribution in [2.45, 2.75) is 59.3 Å². The van der Waals surface area contributed by atoms with E-state index in [2.05, 4.69) is 45.3 Å². The molecule has 0 heteroatoms. The van der Waals surface area contributed by atoms with E-state index in [4.69, 9.17) is 0 Å². The molecule has 0 aliphatic heterocycles. The molecular formula is C19H28. The van der Waals surface area contributed by atoms with E-state index in [1.807, 2.05) is 12.2 Å². The molecule has 2 unspecified atom stereocenters. The van der Waals surface area contributed by atoms with E-state index in [0.29, 0.717) is 5.41 Å². The second-order valence-corrected chi connectivity index (χ2v) is 5.51. The Labute approximate surface area is 119 Å². The Bertz CT molecular complexity index is 399. The third kappa shape index (κ3) is 4.75. The summed E-state index contributed by atoms with van der Waals surface area (Å²) < 4.78 is 0. The molecule has 0 heterocycles. The van der Waals surface area contributed by atoms with Gasteiger partial charge < -0.3 is 0 Å². The Balaban J connectivity index is 2.74. The summed E-state index contributed by atoms with van der Waals surface area (Å²) in [6.45, 7) is 10.5. The van der Waals surface area contributed by atoms with Crippen LogP contribution in [0.5, 0.6) is 0 Å². The zero-order chi connectivity index (χ0) is 14.1. The molecule has 2 atom stereocenters. The number of allylic oxidation sites excluding steroid dienone is 5. The van der Waals surface area contributed by atoms with Crippen molar-refractivity contribution in [2.24, 2.45) is 11.3 Å². The van der Waals surface area contributed by atoms with Crippen LogP contribution >= 0.6 is 0 Å². The second kappa shape index (κ2) is 8.05. The van der Waals surface area contributed by atoms with Gasteiger partial charge in [0.25, 0.3) is 0 Å². The SMILES string of the molecule is C=C/C=C\C=C(\C#CC1(CC)CC1CCC)CCC. The summed E-state index contributed by atoms with van der Waals surface area (Å²) in [7, 11) is 0. The topological polar surface area (TPSA) is 0 Å². The Kier molecular flexibility index (Phi) is 6.71. The van der Waals surface area contributed by atoms with Crippen LogP contribution < -0.4 is 0 Å². The monoisotopic (exact) mass is 256 g/mol. The van der Waals surface area contributed by atoms with Gasteiger partial charge in [0.05, 0.1) is 0 Å². The Hall–Kier alpha value is -1.22. The molecule has 1 aliphatic carbocycles. The minimum Gasteiger partial charge on any atom is -0.0991 e. The molecule has 104 valence electrons. The van der Waals surface area contributed by atoms with Crippen LogP contribution in [0.4, 0.5) is 0 Å². The van der Waals surface area contributed by atoms with Crippen molar-refractivity contribution in [3.8, 4) is 11.8 Å². The van der Waals surface area contributed by atoms with E-state index in [0.717, 1.165) is 18.8 Å². The summed E-state index contributed by atoms with van der Waals surface area (Å²) in [6, 6.07) is 0. The minimum absolute atomic E-state index is 0.338. The smallest absolute Gasteiger partial charge is 0.0347 e. The number of hydrogen-bond acceptors (Lipinski definition) is 0. The highest BCUT2D eigenvalue weighted by Crippen LogP contribution is 2.57. The third-order valence-electron chi connectivity index (χ3n) is 4.04. The molecule has 0 amide bonds. The lowest BCUT2D eigenvalue weighted by molar-refractivity contribution is 0.536. The van der Waals surface area contributed by atoms with Crippen LogP contribution in [0.2, 0.25) is 0 Å². The summed E-state index contributed by atoms with van der Waals surface area (Å²) in [5, 5.41) is 0. The highest BCUT2D eigenvalue weighted by Gasteiger charge is 2.50. The lowest BCUT2D eigenvalue weighted by atomic mass is 9.98. The van der Waals surface area contributed by atoms with Crippen LogP contribution in [0.25, 0.3) is 0 Å². The molecule has 0 aromatic heterocycles. The third-order valence-corrected chi connectivity index (χ3v) is 4.04. The molecule has 1 rings (SSSR count). The van der Waals surface area contributed by atoms with Crippen molar-refractivity contribution >= 4 is 0 Å². The van der Waals surface area contributed by atoms with E-state index in [1.54, 1.807) is 6.08 Å². The van der Waals surface area contributed by atoms with Gasteiger partial charge in [-0.1, -0.05) is 76.3 Å². The Morgan fingerprint density at radius 3 is 2.63 bits per heavy atom. The molecule has 19 heavy (non-hydrogen) atoms. The first-order valence-electron chi connectivity index (χ1n) is 7.73. The van der Waals surface area contributed by atoms with Crippen LogP contribution in [0.15, 0.2) is 36.5 Å². The molecule has 0 radical (unpaired) electrons. The van der Waals surface area contributed by atoms with Gasteiger partial charge in [-0.15, -0.1) is 0 Å². The maximum atomic E-state index is 3.69. The average Bonchev–Trinajstić information content (AvgIpc) is 3.11. The van der Waals surface area contributed by atoms with E-state index in [-0.39, 0.29) is 0 Å². The lowest BCUT2D eigenvalue weighted by Gasteiger charge is -2.06. The lowest BCUT2D eigenvalue weighted by Crippen LogP contribution is -1.99. The summed E-state index contributed by atoms with van der Waals surface area (Å²) in [5.74, 6) is 7.88. The summed E-state index contributed by atoms with van der Waals surface area (Å²) in [4.78, 5) is 0. The minimum atomic E-state index is 0.338.